The molecule has 1 aliphatic carbocycles. The highest BCUT2D eigenvalue weighted by atomic mass is 32.2. The summed E-state index contributed by atoms with van der Waals surface area (Å²) in [7, 11) is -3.39. The van der Waals surface area contributed by atoms with E-state index in [0.29, 0.717) is 22.8 Å². The molecule has 1 N–H and O–H groups in total. The first-order chi connectivity index (χ1) is 18.3. The second-order valence-electron chi connectivity index (χ2n) is 10.8. The summed E-state index contributed by atoms with van der Waals surface area (Å²) >= 11 is 0. The van der Waals surface area contributed by atoms with E-state index in [1.54, 1.807) is 12.3 Å². The van der Waals surface area contributed by atoms with Crippen molar-refractivity contribution in [3.8, 4) is 22.8 Å². The number of oxazole rings is 1. The molecule has 0 bridgehead atoms. The zero-order valence-corrected chi connectivity index (χ0v) is 23.0. The van der Waals surface area contributed by atoms with Gasteiger partial charge in [-0.2, -0.15) is 5.10 Å². The van der Waals surface area contributed by atoms with Crippen LogP contribution in [0.15, 0.2) is 47.3 Å². The number of rotatable bonds is 6. The maximum Gasteiger partial charge on any atom is 0.246 e. The topological polar surface area (TPSA) is 124 Å². The molecule has 3 heterocycles. The van der Waals surface area contributed by atoms with Crippen LogP contribution in [0.4, 0.5) is 8.78 Å². The van der Waals surface area contributed by atoms with Crippen LogP contribution in [-0.4, -0.2) is 39.8 Å². The van der Waals surface area contributed by atoms with Crippen molar-refractivity contribution in [1.29, 1.82) is 0 Å². The van der Waals surface area contributed by atoms with E-state index in [9.17, 15) is 17.2 Å². The lowest BCUT2D eigenvalue weighted by Crippen LogP contribution is -2.47. The van der Waals surface area contributed by atoms with Gasteiger partial charge in [0.15, 0.2) is 0 Å². The largest absolute Gasteiger partial charge is 0.443 e. The van der Waals surface area contributed by atoms with Crippen LogP contribution in [0.3, 0.4) is 0 Å². The van der Waals surface area contributed by atoms with E-state index >= 15 is 0 Å². The first kappa shape index (κ1) is 26.9. The zero-order chi connectivity index (χ0) is 28.2. The standard InChI is InChI=1S/C27H28F2N6O3S/c1-15-10-26(2,3)27(4,24-17(15)9-20(34-35-24)23-18(28)7-6-8-19(23)29)22-13-30-12-21(33-22)25-32-16(14-38-25)11-31-39(5,36)37/h6-9,12-15,31H,10-11H2,1-5H3/t15-,27+/m1/s1. The summed E-state index contributed by atoms with van der Waals surface area (Å²) in [6.45, 7) is 8.29. The van der Waals surface area contributed by atoms with Gasteiger partial charge in [0.2, 0.25) is 15.9 Å². The van der Waals surface area contributed by atoms with E-state index in [-0.39, 0.29) is 35.0 Å². The van der Waals surface area contributed by atoms with Crippen molar-refractivity contribution < 1.29 is 21.6 Å². The van der Waals surface area contributed by atoms with Crippen LogP contribution in [0.2, 0.25) is 0 Å². The molecule has 0 saturated heterocycles. The fourth-order valence-corrected chi connectivity index (χ4v) is 5.73. The monoisotopic (exact) mass is 554 g/mol. The molecule has 5 rings (SSSR count). The third kappa shape index (κ3) is 4.82. The van der Waals surface area contributed by atoms with Crippen molar-refractivity contribution in [2.24, 2.45) is 5.41 Å². The van der Waals surface area contributed by atoms with Crippen LogP contribution >= 0.6 is 0 Å². The molecule has 0 fully saturated rings. The first-order valence-corrected chi connectivity index (χ1v) is 14.2. The van der Waals surface area contributed by atoms with Gasteiger partial charge < -0.3 is 4.42 Å². The first-order valence-electron chi connectivity index (χ1n) is 12.3. The van der Waals surface area contributed by atoms with Crippen molar-refractivity contribution in [3.63, 3.8) is 0 Å². The predicted octanol–water partition coefficient (Wildman–Crippen LogP) is 4.76. The zero-order valence-electron chi connectivity index (χ0n) is 22.2. The van der Waals surface area contributed by atoms with E-state index in [4.69, 9.17) is 9.40 Å². The predicted molar refractivity (Wildman–Crippen MR) is 140 cm³/mol. The van der Waals surface area contributed by atoms with Gasteiger partial charge in [-0.15, -0.1) is 5.10 Å². The van der Waals surface area contributed by atoms with Gasteiger partial charge in [-0.1, -0.05) is 26.8 Å². The molecule has 0 unspecified atom stereocenters. The number of aromatic nitrogens is 5. The Morgan fingerprint density at radius 3 is 2.49 bits per heavy atom. The molecular formula is C27H28F2N6O3S. The molecule has 12 heteroatoms. The highest BCUT2D eigenvalue weighted by Gasteiger charge is 2.52. The van der Waals surface area contributed by atoms with E-state index in [1.807, 2.05) is 6.92 Å². The lowest BCUT2D eigenvalue weighted by molar-refractivity contribution is 0.158. The van der Waals surface area contributed by atoms with Gasteiger partial charge >= 0.3 is 0 Å². The summed E-state index contributed by atoms with van der Waals surface area (Å²) < 4.78 is 59.9. The number of sulfonamides is 1. The van der Waals surface area contributed by atoms with Crippen molar-refractivity contribution in [2.75, 3.05) is 6.26 Å². The molecule has 0 saturated carbocycles. The minimum Gasteiger partial charge on any atom is -0.443 e. The molecule has 0 spiro atoms. The highest BCUT2D eigenvalue weighted by molar-refractivity contribution is 7.88. The fraction of sp³-hybridized carbons (Fsp3) is 0.370. The molecule has 1 aromatic carbocycles. The summed E-state index contributed by atoms with van der Waals surface area (Å²) in [6, 6.07) is 5.42. The van der Waals surface area contributed by atoms with Crippen LogP contribution in [0.5, 0.6) is 0 Å². The van der Waals surface area contributed by atoms with Crippen LogP contribution in [0, 0.1) is 17.0 Å². The summed E-state index contributed by atoms with van der Waals surface area (Å²) in [6.07, 6.45) is 6.34. The normalized spacial score (nSPS) is 20.5. The van der Waals surface area contributed by atoms with E-state index in [0.717, 1.165) is 18.2 Å². The van der Waals surface area contributed by atoms with Crippen molar-refractivity contribution >= 4 is 10.0 Å². The summed E-state index contributed by atoms with van der Waals surface area (Å²) in [5.41, 5.74) is 1.65. The molecule has 4 aromatic rings. The molecule has 39 heavy (non-hydrogen) atoms. The van der Waals surface area contributed by atoms with E-state index in [2.05, 4.69) is 45.7 Å². The Bertz CT molecular complexity index is 1650. The van der Waals surface area contributed by atoms with Crippen LogP contribution in [0.1, 0.15) is 62.7 Å². The second-order valence-corrected chi connectivity index (χ2v) is 12.6. The number of hydrogen-bond acceptors (Lipinski definition) is 8. The lowest BCUT2D eigenvalue weighted by atomic mass is 9.54. The van der Waals surface area contributed by atoms with Crippen LogP contribution < -0.4 is 4.72 Å². The number of halogens is 2. The molecular weight excluding hydrogens is 526 g/mol. The maximum atomic E-state index is 14.5. The highest BCUT2D eigenvalue weighted by Crippen LogP contribution is 2.56. The Balaban J connectivity index is 1.58. The molecule has 0 amide bonds. The van der Waals surface area contributed by atoms with E-state index < -0.39 is 27.1 Å². The van der Waals surface area contributed by atoms with Gasteiger partial charge in [0.1, 0.15) is 23.6 Å². The van der Waals surface area contributed by atoms with E-state index in [1.165, 1.54) is 30.7 Å². The number of benzene rings is 1. The van der Waals surface area contributed by atoms with Crippen molar-refractivity contribution in [2.45, 2.75) is 52.0 Å². The molecule has 0 radical (unpaired) electrons. The molecule has 3 aromatic heterocycles. The summed E-state index contributed by atoms with van der Waals surface area (Å²) in [5, 5.41) is 8.82. The Morgan fingerprint density at radius 2 is 1.79 bits per heavy atom. The van der Waals surface area contributed by atoms with Crippen LogP contribution in [0.25, 0.3) is 22.8 Å². The Hall–Kier alpha value is -3.64. The van der Waals surface area contributed by atoms with Gasteiger partial charge in [-0.3, -0.25) is 4.98 Å². The Morgan fingerprint density at radius 1 is 1.08 bits per heavy atom. The molecule has 2 atom stereocenters. The fourth-order valence-electron chi connectivity index (χ4n) is 5.32. The quantitative estimate of drug-likeness (QED) is 0.362. The van der Waals surface area contributed by atoms with Crippen LogP contribution in [-0.2, 0) is 22.0 Å². The SMILES string of the molecule is C[C@@H]1CC(C)(C)[C@@](C)(c2cncc(-c3nc(CNS(C)(=O)=O)co3)n2)c2nnc(-c3c(F)cccc3F)cc21. The van der Waals surface area contributed by atoms with Crippen molar-refractivity contribution in [1.82, 2.24) is 29.9 Å². The smallest absolute Gasteiger partial charge is 0.246 e. The van der Waals surface area contributed by atoms with Gasteiger partial charge in [0.25, 0.3) is 0 Å². The number of nitrogens with one attached hydrogen (secondary N) is 1. The average Bonchev–Trinajstić information content (AvgIpc) is 3.35. The number of hydrogen-bond donors (Lipinski definition) is 1. The number of fused-ring (bicyclic) bond motifs is 1. The van der Waals surface area contributed by atoms with Gasteiger partial charge in [0, 0.05) is 6.20 Å². The third-order valence-electron chi connectivity index (χ3n) is 7.65. The molecule has 9 nitrogen and oxygen atoms in total. The van der Waals surface area contributed by atoms with Gasteiger partial charge in [-0.25, -0.2) is 31.9 Å². The Labute approximate surface area is 225 Å². The van der Waals surface area contributed by atoms with Crippen molar-refractivity contribution in [3.05, 3.63) is 77.2 Å². The molecule has 0 aliphatic heterocycles. The van der Waals surface area contributed by atoms with Gasteiger partial charge in [-0.05, 0) is 48.4 Å². The minimum atomic E-state index is -3.39. The molecule has 204 valence electrons. The molecule has 1 aliphatic rings. The summed E-state index contributed by atoms with van der Waals surface area (Å²) in [4.78, 5) is 13.6. The second kappa shape index (κ2) is 9.53. The maximum absolute atomic E-state index is 14.5. The summed E-state index contributed by atoms with van der Waals surface area (Å²) in [5.74, 6) is -1.17. The average molecular weight is 555 g/mol. The minimum absolute atomic E-state index is 0.0218. The van der Waals surface area contributed by atoms with Gasteiger partial charge in [0.05, 0.1) is 52.8 Å². The third-order valence-corrected chi connectivity index (χ3v) is 8.32. The number of nitrogens with zero attached hydrogens (tertiary/aromatic N) is 5. The Kier molecular flexibility index (Phi) is 6.58. The lowest BCUT2D eigenvalue weighted by Gasteiger charge is -2.49.